The van der Waals surface area contributed by atoms with Gasteiger partial charge in [0.25, 0.3) is 0 Å². The van der Waals surface area contributed by atoms with E-state index in [1.165, 1.54) is 19.2 Å². The summed E-state index contributed by atoms with van der Waals surface area (Å²) in [5, 5.41) is 0. The fourth-order valence-electron chi connectivity index (χ4n) is 2.87. The topological polar surface area (TPSA) is 75.7 Å². The van der Waals surface area contributed by atoms with Gasteiger partial charge in [0.1, 0.15) is 5.75 Å². The maximum atomic E-state index is 12.4. The third-order valence-corrected chi connectivity index (χ3v) is 6.38. The zero-order valence-corrected chi connectivity index (χ0v) is 16.4. The first-order valence-electron chi connectivity index (χ1n) is 8.36. The van der Waals surface area contributed by atoms with Crippen molar-refractivity contribution in [3.63, 3.8) is 0 Å². The largest absolute Gasteiger partial charge is 0.497 e. The molecule has 1 aromatic rings. The molecule has 0 bridgehead atoms. The van der Waals surface area contributed by atoms with E-state index in [-0.39, 0.29) is 16.7 Å². The second-order valence-corrected chi connectivity index (χ2v) is 8.87. The van der Waals surface area contributed by atoms with Gasteiger partial charge >= 0.3 is 0 Å². The van der Waals surface area contributed by atoms with Gasteiger partial charge in [-0.25, -0.2) is 13.1 Å². The first-order chi connectivity index (χ1) is 12.0. The molecule has 6 nitrogen and oxygen atoms in total. The van der Waals surface area contributed by atoms with Crippen LogP contribution >= 0.6 is 11.8 Å². The zero-order valence-electron chi connectivity index (χ0n) is 14.7. The number of piperidine rings is 1. The highest BCUT2D eigenvalue weighted by atomic mass is 32.2. The summed E-state index contributed by atoms with van der Waals surface area (Å²) in [4.78, 5) is 14.2. The first kappa shape index (κ1) is 20.1. The average Bonchev–Trinajstić information content (AvgIpc) is 2.64. The molecule has 1 aliphatic rings. The molecule has 140 valence electrons. The Morgan fingerprint density at radius 3 is 2.72 bits per heavy atom. The smallest absolute Gasteiger partial charge is 0.240 e. The van der Waals surface area contributed by atoms with E-state index in [0.29, 0.717) is 25.3 Å². The highest BCUT2D eigenvalue weighted by molar-refractivity contribution is 7.98. The van der Waals surface area contributed by atoms with Gasteiger partial charge < -0.3 is 9.64 Å². The number of nitrogens with zero attached hydrogens (tertiary/aromatic N) is 1. The van der Waals surface area contributed by atoms with E-state index in [0.717, 1.165) is 25.1 Å². The van der Waals surface area contributed by atoms with Crippen molar-refractivity contribution in [1.29, 1.82) is 0 Å². The van der Waals surface area contributed by atoms with Crippen molar-refractivity contribution in [3.8, 4) is 5.75 Å². The monoisotopic (exact) mass is 386 g/mol. The van der Waals surface area contributed by atoms with Crippen molar-refractivity contribution in [2.75, 3.05) is 38.8 Å². The molecule has 1 fully saturated rings. The molecule has 1 N–H and O–H groups in total. The number of nitrogens with one attached hydrogen (secondary N) is 1. The van der Waals surface area contributed by atoms with Crippen LogP contribution in [0.1, 0.15) is 19.3 Å². The lowest BCUT2D eigenvalue weighted by molar-refractivity contribution is -0.132. The van der Waals surface area contributed by atoms with Crippen LogP contribution in [0.15, 0.2) is 29.2 Å². The third kappa shape index (κ3) is 5.90. The number of hydrogen-bond donors (Lipinski definition) is 1. The molecule has 8 heteroatoms. The maximum Gasteiger partial charge on any atom is 0.240 e. The summed E-state index contributed by atoms with van der Waals surface area (Å²) in [6, 6.07) is 6.31. The molecule has 1 aliphatic heterocycles. The summed E-state index contributed by atoms with van der Waals surface area (Å²) >= 11 is 1.66. The zero-order chi connectivity index (χ0) is 18.3. The number of likely N-dealkylation sites (tertiary alicyclic amines) is 1. The van der Waals surface area contributed by atoms with E-state index in [9.17, 15) is 13.2 Å². The Hall–Kier alpha value is -1.25. The highest BCUT2D eigenvalue weighted by Gasteiger charge is 2.25. The van der Waals surface area contributed by atoms with Crippen LogP contribution in [0.25, 0.3) is 0 Å². The molecule has 1 atom stereocenters. The van der Waals surface area contributed by atoms with Gasteiger partial charge in [-0.05, 0) is 49.3 Å². The molecule has 1 heterocycles. The van der Waals surface area contributed by atoms with Crippen molar-refractivity contribution in [3.05, 3.63) is 24.3 Å². The van der Waals surface area contributed by atoms with Gasteiger partial charge in [-0.3, -0.25) is 4.79 Å². The molecule has 0 spiro atoms. The predicted molar refractivity (Wildman–Crippen MR) is 100 cm³/mol. The lowest BCUT2D eigenvalue weighted by atomic mass is 9.98. The lowest BCUT2D eigenvalue weighted by Crippen LogP contribution is -2.43. The Morgan fingerprint density at radius 2 is 2.08 bits per heavy atom. The Labute approximate surface area is 154 Å². The number of amides is 1. The number of ether oxygens (including phenoxy) is 1. The summed E-state index contributed by atoms with van der Waals surface area (Å²) in [7, 11) is -2.01. The van der Waals surface area contributed by atoms with E-state index in [4.69, 9.17) is 4.74 Å². The molecule has 0 aliphatic carbocycles. The van der Waals surface area contributed by atoms with Crippen LogP contribution in [-0.4, -0.2) is 58.0 Å². The molecular formula is C17H26N2O4S2. The summed E-state index contributed by atoms with van der Waals surface area (Å²) in [6.07, 6.45) is 4.38. The van der Waals surface area contributed by atoms with Gasteiger partial charge in [0.15, 0.2) is 0 Å². The fraction of sp³-hybridized carbons (Fsp3) is 0.588. The number of methoxy groups -OCH3 is 1. The second-order valence-electron chi connectivity index (χ2n) is 6.12. The van der Waals surface area contributed by atoms with Crippen LogP contribution in [0.2, 0.25) is 0 Å². The molecule has 0 unspecified atom stereocenters. The van der Waals surface area contributed by atoms with Crippen LogP contribution in [-0.2, 0) is 14.8 Å². The van der Waals surface area contributed by atoms with E-state index >= 15 is 0 Å². The number of rotatable bonds is 8. The molecule has 1 saturated heterocycles. The molecular weight excluding hydrogens is 360 g/mol. The molecule has 0 aromatic heterocycles. The normalized spacial score (nSPS) is 18.2. The molecule has 0 radical (unpaired) electrons. The van der Waals surface area contributed by atoms with Crippen molar-refractivity contribution < 1.29 is 17.9 Å². The fourth-order valence-corrected chi connectivity index (χ4v) is 4.37. The van der Waals surface area contributed by atoms with Crippen molar-refractivity contribution >= 4 is 27.7 Å². The Morgan fingerprint density at radius 1 is 1.36 bits per heavy atom. The number of sulfonamides is 1. The average molecular weight is 387 g/mol. The van der Waals surface area contributed by atoms with Crippen LogP contribution in [0.4, 0.5) is 0 Å². The van der Waals surface area contributed by atoms with E-state index in [1.807, 2.05) is 11.2 Å². The summed E-state index contributed by atoms with van der Waals surface area (Å²) < 4.78 is 32.5. The first-order valence-corrected chi connectivity index (χ1v) is 11.2. The van der Waals surface area contributed by atoms with Gasteiger partial charge in [0.05, 0.1) is 12.0 Å². The van der Waals surface area contributed by atoms with Crippen LogP contribution in [0.5, 0.6) is 5.75 Å². The Kier molecular flexibility index (Phi) is 7.58. The van der Waals surface area contributed by atoms with E-state index in [1.54, 1.807) is 23.9 Å². The predicted octanol–water partition coefficient (Wildman–Crippen LogP) is 1.97. The summed E-state index contributed by atoms with van der Waals surface area (Å²) in [5.74, 6) is 1.76. The third-order valence-electron chi connectivity index (χ3n) is 4.32. The van der Waals surface area contributed by atoms with Crippen LogP contribution in [0, 0.1) is 5.92 Å². The van der Waals surface area contributed by atoms with E-state index in [2.05, 4.69) is 4.72 Å². The Balaban J connectivity index is 1.89. The summed E-state index contributed by atoms with van der Waals surface area (Å²) in [6.45, 7) is 1.74. The van der Waals surface area contributed by atoms with Crippen molar-refractivity contribution in [2.45, 2.75) is 24.2 Å². The number of carbonyl (C=O) groups is 1. The number of carbonyl (C=O) groups excluding carboxylic acids is 1. The SMILES string of the molecule is COc1ccc(S(=O)(=O)NC[C@@H]2CCCN(C(=O)CCSC)C2)cc1. The van der Waals surface area contributed by atoms with Gasteiger partial charge in [-0.15, -0.1) is 0 Å². The lowest BCUT2D eigenvalue weighted by Gasteiger charge is -2.33. The summed E-state index contributed by atoms with van der Waals surface area (Å²) in [5.41, 5.74) is 0. The van der Waals surface area contributed by atoms with Gasteiger partial charge in [-0.2, -0.15) is 11.8 Å². The second kappa shape index (κ2) is 9.45. The van der Waals surface area contributed by atoms with Crippen LogP contribution in [0.3, 0.4) is 0 Å². The van der Waals surface area contributed by atoms with Crippen molar-refractivity contribution in [2.24, 2.45) is 5.92 Å². The molecule has 2 rings (SSSR count). The molecule has 0 saturated carbocycles. The minimum absolute atomic E-state index is 0.153. The van der Waals surface area contributed by atoms with Gasteiger partial charge in [-0.1, -0.05) is 0 Å². The highest BCUT2D eigenvalue weighted by Crippen LogP contribution is 2.19. The quantitative estimate of drug-likeness (QED) is 0.739. The minimum Gasteiger partial charge on any atom is -0.497 e. The molecule has 1 aromatic carbocycles. The van der Waals surface area contributed by atoms with Crippen molar-refractivity contribution in [1.82, 2.24) is 9.62 Å². The Bertz CT molecular complexity index is 662. The van der Waals surface area contributed by atoms with E-state index < -0.39 is 10.0 Å². The number of thioether (sulfide) groups is 1. The number of hydrogen-bond acceptors (Lipinski definition) is 5. The standard InChI is InChI=1S/C17H26N2O4S2/c1-23-15-5-7-16(8-6-15)25(21,22)18-12-14-4-3-10-19(13-14)17(20)9-11-24-2/h5-8,14,18H,3-4,9-13H2,1-2H3/t14-/m0/s1. The van der Waals surface area contributed by atoms with Crippen LogP contribution < -0.4 is 9.46 Å². The van der Waals surface area contributed by atoms with Gasteiger partial charge in [0, 0.05) is 31.8 Å². The molecule has 25 heavy (non-hydrogen) atoms. The van der Waals surface area contributed by atoms with Gasteiger partial charge in [0.2, 0.25) is 15.9 Å². The number of benzene rings is 1. The molecule has 1 amide bonds. The maximum absolute atomic E-state index is 12.4. The minimum atomic E-state index is -3.55.